The van der Waals surface area contributed by atoms with Crippen LogP contribution in [0.1, 0.15) is 115 Å². The molecule has 2 aliphatic rings. The molecule has 2 rings (SSSR count). The number of ether oxygens (including phenoxy) is 2. The highest BCUT2D eigenvalue weighted by atomic mass is 16.5. The first-order chi connectivity index (χ1) is 15.3. The summed E-state index contributed by atoms with van der Waals surface area (Å²) in [6.07, 6.45) is 6.35. The molecular formula is C26H54N2O6. The number of quaternary nitrogens is 1. The molecule has 0 aromatic rings. The maximum Gasteiger partial charge on any atom is 0.124 e. The number of hydroxylamine groups is 4. The number of aliphatic carboxylic acids is 1. The van der Waals surface area contributed by atoms with Crippen LogP contribution < -0.4 is 10.2 Å². The van der Waals surface area contributed by atoms with Gasteiger partial charge in [-0.15, -0.1) is 0 Å². The quantitative estimate of drug-likeness (QED) is 0.525. The molecule has 0 unspecified atom stereocenters. The van der Waals surface area contributed by atoms with Crippen molar-refractivity contribution in [3.63, 3.8) is 0 Å². The van der Waals surface area contributed by atoms with Crippen molar-refractivity contribution in [1.29, 1.82) is 0 Å². The van der Waals surface area contributed by atoms with Crippen LogP contribution in [0.5, 0.6) is 0 Å². The van der Waals surface area contributed by atoms with E-state index in [1.165, 1.54) is 5.06 Å². The largest absolute Gasteiger partial charge is 0.550 e. The Kier molecular flexibility index (Phi) is 13.2. The Labute approximate surface area is 208 Å². The number of carbonyl (C=O) groups excluding carboxylic acids is 1. The van der Waals surface area contributed by atoms with Crippen LogP contribution in [0, 0.1) is 0 Å². The molecule has 0 saturated carbocycles. The van der Waals surface area contributed by atoms with Gasteiger partial charge in [0.1, 0.15) is 11.1 Å². The van der Waals surface area contributed by atoms with Gasteiger partial charge in [-0.1, -0.05) is 13.8 Å². The lowest BCUT2D eigenvalue weighted by molar-refractivity contribution is -1.16. The van der Waals surface area contributed by atoms with Gasteiger partial charge >= 0.3 is 0 Å². The van der Waals surface area contributed by atoms with Crippen molar-refractivity contribution in [1.82, 2.24) is 5.06 Å². The van der Waals surface area contributed by atoms with Gasteiger partial charge in [-0.2, -0.15) is 10.1 Å². The fraction of sp³-hybridized carbons (Fsp3) is 0.962. The molecule has 0 spiro atoms. The number of carboxylic acid groups (broad SMARTS) is 1. The zero-order valence-electron chi connectivity index (χ0n) is 23.8. The summed E-state index contributed by atoms with van der Waals surface area (Å²) in [6.45, 7) is 23.5. The number of nitrogens with zero attached hydrogens (tertiary/aromatic N) is 1. The minimum atomic E-state index is -1.08. The van der Waals surface area contributed by atoms with Crippen molar-refractivity contribution in [2.75, 3.05) is 13.2 Å². The average molecular weight is 491 g/mol. The number of carbonyl (C=O) groups is 1. The average Bonchev–Trinajstić information content (AvgIpc) is 2.66. The number of hydrogen-bond donors (Lipinski definition) is 3. The summed E-state index contributed by atoms with van der Waals surface area (Å²) in [6, 6.07) is 0. The second kappa shape index (κ2) is 13.5. The third kappa shape index (κ3) is 10.9. The van der Waals surface area contributed by atoms with Gasteiger partial charge < -0.3 is 24.6 Å². The molecule has 0 aromatic carbocycles. The first kappa shape index (κ1) is 33.2. The summed E-state index contributed by atoms with van der Waals surface area (Å²) < 4.78 is 11.6. The zero-order chi connectivity index (χ0) is 27.0. The van der Waals surface area contributed by atoms with Crippen LogP contribution in [0.25, 0.3) is 0 Å². The smallest absolute Gasteiger partial charge is 0.124 e. The van der Waals surface area contributed by atoms with Gasteiger partial charge in [-0.3, -0.25) is 0 Å². The molecule has 0 radical (unpaired) electrons. The van der Waals surface area contributed by atoms with E-state index in [1.54, 1.807) is 0 Å². The van der Waals surface area contributed by atoms with Gasteiger partial charge in [0.25, 0.3) is 0 Å². The van der Waals surface area contributed by atoms with Gasteiger partial charge in [0, 0.05) is 43.1 Å². The SMILES string of the molecule is CC(=O)[O-].CCCOC1CC(C)(C)N(O)C(C)(C)C1.CCCOC1CC(C)(C)[NH+](O)C(C)(C)C1. The van der Waals surface area contributed by atoms with Crippen LogP contribution in [0.4, 0.5) is 0 Å². The lowest BCUT2D eigenvalue weighted by Gasteiger charge is -2.51. The molecule has 2 aliphatic heterocycles. The minimum Gasteiger partial charge on any atom is -0.550 e. The Morgan fingerprint density at radius 3 is 1.44 bits per heavy atom. The minimum absolute atomic E-state index is 0.111. The second-order valence-electron chi connectivity index (χ2n) is 12.3. The van der Waals surface area contributed by atoms with E-state index in [4.69, 9.17) is 19.4 Å². The molecule has 0 aliphatic carbocycles. The van der Waals surface area contributed by atoms with Crippen molar-refractivity contribution >= 4 is 5.97 Å². The van der Waals surface area contributed by atoms with Crippen molar-refractivity contribution in [2.24, 2.45) is 0 Å². The molecule has 2 fully saturated rings. The van der Waals surface area contributed by atoms with Crippen LogP contribution in [-0.2, 0) is 14.3 Å². The molecule has 8 heteroatoms. The van der Waals surface area contributed by atoms with Crippen molar-refractivity contribution in [3.8, 4) is 0 Å². The summed E-state index contributed by atoms with van der Waals surface area (Å²) in [7, 11) is 0. The summed E-state index contributed by atoms with van der Waals surface area (Å²) >= 11 is 0. The van der Waals surface area contributed by atoms with Gasteiger partial charge in [-0.05, 0) is 88.0 Å². The number of piperidine rings is 2. The predicted octanol–water partition coefficient (Wildman–Crippen LogP) is 2.99. The molecule has 0 bridgehead atoms. The lowest BCUT2D eigenvalue weighted by atomic mass is 9.80. The van der Waals surface area contributed by atoms with E-state index in [2.05, 4.69) is 69.2 Å². The zero-order valence-corrected chi connectivity index (χ0v) is 23.8. The molecule has 34 heavy (non-hydrogen) atoms. The fourth-order valence-electron chi connectivity index (χ4n) is 5.30. The number of rotatable bonds is 6. The fourth-order valence-corrected chi connectivity index (χ4v) is 5.30. The Hall–Kier alpha value is -0.770. The van der Waals surface area contributed by atoms with E-state index >= 15 is 0 Å². The van der Waals surface area contributed by atoms with Crippen LogP contribution in [0.15, 0.2) is 0 Å². The van der Waals surface area contributed by atoms with E-state index in [-0.39, 0.29) is 28.3 Å². The Morgan fingerprint density at radius 1 is 0.853 bits per heavy atom. The van der Waals surface area contributed by atoms with E-state index in [1.807, 2.05) is 0 Å². The highest BCUT2D eigenvalue weighted by Gasteiger charge is 2.50. The van der Waals surface area contributed by atoms with Crippen molar-refractivity contribution in [3.05, 3.63) is 0 Å². The van der Waals surface area contributed by atoms with E-state index in [9.17, 15) is 10.4 Å². The molecule has 0 amide bonds. The normalized spacial score (nSPS) is 27.6. The molecule has 204 valence electrons. The molecular weight excluding hydrogens is 436 g/mol. The maximum atomic E-state index is 10.2. The Bertz CT molecular complexity index is 520. The third-order valence-electron chi connectivity index (χ3n) is 6.47. The van der Waals surface area contributed by atoms with Gasteiger partial charge in [-0.25, -0.2) is 5.21 Å². The van der Waals surface area contributed by atoms with Crippen LogP contribution in [0.2, 0.25) is 0 Å². The highest BCUT2D eigenvalue weighted by molar-refractivity contribution is 5.60. The Morgan fingerprint density at radius 2 is 1.15 bits per heavy atom. The molecule has 3 N–H and O–H groups in total. The van der Waals surface area contributed by atoms with Crippen LogP contribution in [-0.4, -0.2) is 69.0 Å². The van der Waals surface area contributed by atoms with Crippen LogP contribution >= 0.6 is 0 Å². The van der Waals surface area contributed by atoms with Gasteiger partial charge in [0.05, 0.1) is 12.2 Å². The number of nitrogens with one attached hydrogen (secondary N) is 1. The molecule has 0 atom stereocenters. The summed E-state index contributed by atoms with van der Waals surface area (Å²) in [5.74, 6) is -1.08. The monoisotopic (exact) mass is 490 g/mol. The summed E-state index contributed by atoms with van der Waals surface area (Å²) in [5, 5.41) is 31.3. The van der Waals surface area contributed by atoms with Crippen LogP contribution in [0.3, 0.4) is 0 Å². The number of carboxylic acids is 1. The Balaban J connectivity index is 0.000000554. The first-order valence-corrected chi connectivity index (χ1v) is 12.8. The third-order valence-corrected chi connectivity index (χ3v) is 6.47. The number of hydrogen-bond acceptors (Lipinski definition) is 7. The highest BCUT2D eigenvalue weighted by Crippen LogP contribution is 2.37. The standard InChI is InChI=1S/2C12H25NO2.C2H4O2/c2*1-6-7-15-10-8-11(2,3)13(14)12(4,5)9-10;1-2(3)4/h2*10,14H,6-9H2,1-5H3;1H3,(H,3,4). The topological polar surface area (TPSA) is 107 Å². The lowest BCUT2D eigenvalue weighted by Crippen LogP contribution is -3.25. The van der Waals surface area contributed by atoms with Gasteiger partial charge in [0.15, 0.2) is 0 Å². The first-order valence-electron chi connectivity index (χ1n) is 12.8. The molecule has 0 aromatic heterocycles. The van der Waals surface area contributed by atoms with Gasteiger partial charge in [0.2, 0.25) is 0 Å². The molecule has 2 heterocycles. The van der Waals surface area contributed by atoms with E-state index < -0.39 is 5.97 Å². The maximum absolute atomic E-state index is 10.2. The van der Waals surface area contributed by atoms with E-state index in [0.29, 0.717) is 11.2 Å². The molecule has 8 nitrogen and oxygen atoms in total. The van der Waals surface area contributed by atoms with Crippen molar-refractivity contribution < 1.29 is 34.9 Å². The van der Waals surface area contributed by atoms with E-state index in [0.717, 1.165) is 58.7 Å². The van der Waals surface area contributed by atoms with Crippen molar-refractivity contribution in [2.45, 2.75) is 149 Å². The predicted molar refractivity (Wildman–Crippen MR) is 132 cm³/mol. The summed E-state index contributed by atoms with van der Waals surface area (Å²) in [5.41, 5.74) is -0.610. The molecule has 2 saturated heterocycles. The second-order valence-corrected chi connectivity index (χ2v) is 12.3. The summed E-state index contributed by atoms with van der Waals surface area (Å²) in [4.78, 5) is 8.89.